The predicted octanol–water partition coefficient (Wildman–Crippen LogP) is 0.322. The third kappa shape index (κ3) is 2.72. The largest absolute Gasteiger partial charge is 0.399 e. The fraction of sp³-hybridized carbons (Fsp3) is 0. The van der Waals surface area contributed by atoms with Gasteiger partial charge in [0.1, 0.15) is 5.82 Å². The lowest BCUT2D eigenvalue weighted by atomic mass is 10.2. The highest BCUT2D eigenvalue weighted by atomic mass is 32.2. The zero-order valence-electron chi connectivity index (χ0n) is 10.6. The first-order valence-corrected chi connectivity index (χ1v) is 6.67. The first-order chi connectivity index (χ1) is 10.0. The van der Waals surface area contributed by atoms with Gasteiger partial charge in [-0.3, -0.25) is 9.59 Å². The molecule has 6 N–H and O–H groups in total. The molecule has 0 aliphatic carbocycles. The van der Waals surface area contributed by atoms with Crippen molar-refractivity contribution in [2.75, 3.05) is 11.5 Å². The molecule has 3 rings (SSSR count). The highest BCUT2D eigenvalue weighted by molar-refractivity contribution is 7.99. The number of nitrogens with two attached hydrogens (primary N) is 2. The summed E-state index contributed by atoms with van der Waals surface area (Å²) in [7, 11) is 0. The number of hydrogen-bond donors (Lipinski definition) is 4. The Balaban J connectivity index is 2.07. The first kappa shape index (κ1) is 13.2. The zero-order valence-corrected chi connectivity index (χ0v) is 11.4. The van der Waals surface area contributed by atoms with E-state index in [1.54, 1.807) is 18.2 Å². The van der Waals surface area contributed by atoms with Crippen LogP contribution in [0.15, 0.2) is 44.2 Å². The zero-order chi connectivity index (χ0) is 15.0. The summed E-state index contributed by atoms with van der Waals surface area (Å²) in [6.07, 6.45) is 0. The number of rotatable bonds is 2. The van der Waals surface area contributed by atoms with Gasteiger partial charge in [-0.1, -0.05) is 0 Å². The molecule has 1 aromatic carbocycles. The summed E-state index contributed by atoms with van der Waals surface area (Å²) in [5.41, 5.74) is 11.4. The Labute approximate surface area is 121 Å². The van der Waals surface area contributed by atoms with E-state index < -0.39 is 0 Å². The van der Waals surface area contributed by atoms with Crippen LogP contribution in [0.25, 0.3) is 10.9 Å². The molecule has 0 aliphatic rings. The second-order valence-corrected chi connectivity index (χ2v) is 5.20. The molecular formula is C12H10N6O2S. The Morgan fingerprint density at radius 1 is 1.00 bits per heavy atom. The number of fused-ring (bicyclic) bond motifs is 1. The maximum atomic E-state index is 12.0. The van der Waals surface area contributed by atoms with Crippen LogP contribution < -0.4 is 22.6 Å². The van der Waals surface area contributed by atoms with Crippen LogP contribution in [0.4, 0.5) is 11.5 Å². The average Bonchev–Trinajstić information content (AvgIpc) is 2.38. The molecule has 0 fully saturated rings. The predicted molar refractivity (Wildman–Crippen MR) is 80.2 cm³/mol. The monoisotopic (exact) mass is 302 g/mol. The molecule has 0 atom stereocenters. The Hall–Kier alpha value is -2.81. The Bertz CT molecular complexity index is 948. The Morgan fingerprint density at radius 3 is 2.52 bits per heavy atom. The van der Waals surface area contributed by atoms with E-state index in [-0.39, 0.29) is 22.1 Å². The Morgan fingerprint density at radius 2 is 1.76 bits per heavy atom. The van der Waals surface area contributed by atoms with Crippen LogP contribution in [-0.2, 0) is 0 Å². The van der Waals surface area contributed by atoms with Gasteiger partial charge in [-0.15, -0.1) is 0 Å². The van der Waals surface area contributed by atoms with E-state index in [9.17, 15) is 9.59 Å². The van der Waals surface area contributed by atoms with Gasteiger partial charge in [-0.05, 0) is 30.0 Å². The van der Waals surface area contributed by atoms with Gasteiger partial charge in [-0.2, -0.15) is 0 Å². The van der Waals surface area contributed by atoms with Crippen LogP contribution in [0.2, 0.25) is 0 Å². The molecule has 2 aromatic heterocycles. The summed E-state index contributed by atoms with van der Waals surface area (Å²) in [5.74, 6) is 0.0946. The highest BCUT2D eigenvalue weighted by Gasteiger charge is 2.08. The molecule has 3 aromatic rings. The molecule has 0 saturated carbocycles. The third-order valence-electron chi connectivity index (χ3n) is 2.64. The van der Waals surface area contributed by atoms with Crippen molar-refractivity contribution in [3.63, 3.8) is 0 Å². The van der Waals surface area contributed by atoms with Gasteiger partial charge < -0.3 is 21.4 Å². The number of aromatic nitrogens is 4. The van der Waals surface area contributed by atoms with Crippen molar-refractivity contribution >= 4 is 34.2 Å². The second kappa shape index (κ2) is 4.94. The summed E-state index contributed by atoms with van der Waals surface area (Å²) >= 11 is 1.00. The lowest BCUT2D eigenvalue weighted by Crippen LogP contribution is -2.12. The molecule has 0 spiro atoms. The lowest BCUT2D eigenvalue weighted by molar-refractivity contribution is 0.918. The van der Waals surface area contributed by atoms with E-state index in [0.717, 1.165) is 11.8 Å². The van der Waals surface area contributed by atoms with Gasteiger partial charge in [0, 0.05) is 11.8 Å². The van der Waals surface area contributed by atoms with E-state index in [1.165, 1.54) is 6.07 Å². The van der Waals surface area contributed by atoms with Crippen LogP contribution in [0.1, 0.15) is 0 Å². The third-order valence-corrected chi connectivity index (χ3v) is 3.41. The minimum Gasteiger partial charge on any atom is -0.399 e. The van der Waals surface area contributed by atoms with Crippen molar-refractivity contribution in [3.05, 3.63) is 45.0 Å². The van der Waals surface area contributed by atoms with E-state index in [2.05, 4.69) is 19.9 Å². The van der Waals surface area contributed by atoms with E-state index in [0.29, 0.717) is 21.7 Å². The number of nitrogens with one attached hydrogen (secondary N) is 2. The van der Waals surface area contributed by atoms with E-state index in [1.807, 2.05) is 0 Å². The number of benzene rings is 1. The summed E-state index contributed by atoms with van der Waals surface area (Å²) < 4.78 is 0. The number of H-pyrrole nitrogens is 2. The molecule has 0 saturated heterocycles. The van der Waals surface area contributed by atoms with Gasteiger partial charge in [0.2, 0.25) is 0 Å². The van der Waals surface area contributed by atoms with Crippen LogP contribution in [0.5, 0.6) is 0 Å². The maximum absolute atomic E-state index is 12.0. The first-order valence-electron chi connectivity index (χ1n) is 5.85. The molecule has 0 radical (unpaired) electrons. The fourth-order valence-electron chi connectivity index (χ4n) is 1.78. The van der Waals surface area contributed by atoms with Crippen molar-refractivity contribution in [3.8, 4) is 0 Å². The summed E-state index contributed by atoms with van der Waals surface area (Å²) in [4.78, 5) is 36.7. The van der Waals surface area contributed by atoms with Crippen LogP contribution in [-0.4, -0.2) is 19.9 Å². The Kier molecular flexibility index (Phi) is 3.10. The molecule has 0 bridgehead atoms. The maximum Gasteiger partial charge on any atom is 0.259 e. The number of hydrogen-bond acceptors (Lipinski definition) is 7. The molecular weight excluding hydrogens is 292 g/mol. The summed E-state index contributed by atoms with van der Waals surface area (Å²) in [6, 6.07) is 6.03. The number of nitrogens with zero attached hydrogens (tertiary/aromatic N) is 2. The SMILES string of the molecule is Nc1ccc2nc(Sc3nc(N)cc(=O)[nH]3)[nH]c(=O)c2c1. The van der Waals surface area contributed by atoms with Gasteiger partial charge >= 0.3 is 0 Å². The average molecular weight is 302 g/mol. The number of anilines is 2. The van der Waals surface area contributed by atoms with Gasteiger partial charge in [0.25, 0.3) is 11.1 Å². The normalized spacial score (nSPS) is 10.9. The van der Waals surface area contributed by atoms with Gasteiger partial charge in [-0.25, -0.2) is 9.97 Å². The standard InChI is InChI=1S/C12H10N6O2S/c13-5-1-2-7-6(3-5)10(20)18-11(15-7)21-12-16-8(14)4-9(19)17-12/h1-4H,13H2,(H,15,18,20)(H3,14,16,17,19). The number of aromatic amines is 2. The summed E-state index contributed by atoms with van der Waals surface area (Å²) in [5, 5.41) is 0.942. The van der Waals surface area contributed by atoms with Crippen LogP contribution in [0, 0.1) is 0 Å². The highest BCUT2D eigenvalue weighted by Crippen LogP contribution is 2.21. The molecule has 106 valence electrons. The van der Waals surface area contributed by atoms with Crippen molar-refractivity contribution in [1.82, 2.24) is 19.9 Å². The topological polar surface area (TPSA) is 144 Å². The molecule has 2 heterocycles. The van der Waals surface area contributed by atoms with Crippen LogP contribution >= 0.6 is 11.8 Å². The van der Waals surface area contributed by atoms with Crippen molar-refractivity contribution in [2.45, 2.75) is 10.3 Å². The smallest absolute Gasteiger partial charge is 0.259 e. The molecule has 0 amide bonds. The minimum atomic E-state index is -0.374. The molecule has 0 unspecified atom stereocenters. The number of nitrogen functional groups attached to an aromatic ring is 2. The van der Waals surface area contributed by atoms with E-state index in [4.69, 9.17) is 11.5 Å². The second-order valence-electron chi connectivity index (χ2n) is 4.23. The van der Waals surface area contributed by atoms with E-state index >= 15 is 0 Å². The van der Waals surface area contributed by atoms with Gasteiger partial charge in [0.05, 0.1) is 10.9 Å². The molecule has 8 nitrogen and oxygen atoms in total. The molecule has 9 heteroatoms. The summed E-state index contributed by atoms with van der Waals surface area (Å²) in [6.45, 7) is 0. The molecule has 21 heavy (non-hydrogen) atoms. The van der Waals surface area contributed by atoms with Crippen molar-refractivity contribution in [1.29, 1.82) is 0 Å². The molecule has 0 aliphatic heterocycles. The quantitative estimate of drug-likeness (QED) is 0.394. The van der Waals surface area contributed by atoms with Crippen molar-refractivity contribution in [2.24, 2.45) is 0 Å². The fourth-order valence-corrected chi connectivity index (χ4v) is 2.55. The lowest BCUT2D eigenvalue weighted by Gasteiger charge is -2.03. The van der Waals surface area contributed by atoms with Crippen LogP contribution in [0.3, 0.4) is 0 Å². The van der Waals surface area contributed by atoms with Gasteiger partial charge in [0.15, 0.2) is 10.3 Å². The van der Waals surface area contributed by atoms with Crippen molar-refractivity contribution < 1.29 is 0 Å². The minimum absolute atomic E-state index is 0.0946.